The number of amides is 1. The lowest BCUT2D eigenvalue weighted by Crippen LogP contribution is -2.46. The van der Waals surface area contributed by atoms with Crippen molar-refractivity contribution >= 4 is 24.0 Å². The van der Waals surface area contributed by atoms with Gasteiger partial charge in [-0.1, -0.05) is 17.7 Å². The lowest BCUT2D eigenvalue weighted by atomic mass is 10.1. The van der Waals surface area contributed by atoms with Crippen LogP contribution in [0.2, 0.25) is 0 Å². The Morgan fingerprint density at radius 2 is 2.14 bits per heavy atom. The van der Waals surface area contributed by atoms with Crippen LogP contribution in [0.4, 0.5) is 5.69 Å². The topological polar surface area (TPSA) is 44.4 Å². The van der Waals surface area contributed by atoms with Crippen molar-refractivity contribution in [2.75, 3.05) is 32.0 Å². The molecule has 1 aliphatic heterocycles. The van der Waals surface area contributed by atoms with Crippen LogP contribution in [0.1, 0.15) is 24.0 Å². The van der Waals surface area contributed by atoms with Crippen LogP contribution in [0, 0.1) is 13.8 Å². The summed E-state index contributed by atoms with van der Waals surface area (Å²) in [5.41, 5.74) is 3.25. The Morgan fingerprint density at radius 3 is 2.81 bits per heavy atom. The van der Waals surface area contributed by atoms with Gasteiger partial charge in [0, 0.05) is 18.3 Å². The standard InChI is InChI=1S/C16H25N3O.ClH/c1-12-6-7-15(13(2)9-12)18-16(20)11-19-8-4-5-14(10-19)17-3;/h6-7,9,14,17H,4-5,8,10-11H2,1-3H3,(H,18,20);1H. The Kier molecular flexibility index (Phi) is 7.15. The molecule has 0 bridgehead atoms. The van der Waals surface area contributed by atoms with Crippen LogP contribution in [0.5, 0.6) is 0 Å². The predicted molar refractivity (Wildman–Crippen MR) is 90.3 cm³/mol. The first kappa shape index (κ1) is 18.0. The molecule has 21 heavy (non-hydrogen) atoms. The molecule has 1 amide bonds. The largest absolute Gasteiger partial charge is 0.325 e. The molecule has 2 N–H and O–H groups in total. The van der Waals surface area contributed by atoms with Gasteiger partial charge < -0.3 is 10.6 Å². The van der Waals surface area contributed by atoms with E-state index >= 15 is 0 Å². The molecule has 0 aromatic heterocycles. The number of halogens is 1. The maximum absolute atomic E-state index is 12.1. The van der Waals surface area contributed by atoms with Gasteiger partial charge >= 0.3 is 0 Å². The van der Waals surface area contributed by atoms with Gasteiger partial charge in [0.25, 0.3) is 0 Å². The summed E-state index contributed by atoms with van der Waals surface area (Å²) in [7, 11) is 1.99. The number of carbonyl (C=O) groups is 1. The van der Waals surface area contributed by atoms with Crippen LogP contribution >= 0.6 is 12.4 Å². The molecule has 118 valence electrons. The first-order chi connectivity index (χ1) is 9.58. The van der Waals surface area contributed by atoms with E-state index in [9.17, 15) is 4.79 Å². The minimum absolute atomic E-state index is 0. The number of piperidine rings is 1. The van der Waals surface area contributed by atoms with Gasteiger partial charge in [0.1, 0.15) is 0 Å². The highest BCUT2D eigenvalue weighted by Crippen LogP contribution is 2.16. The van der Waals surface area contributed by atoms with Gasteiger partial charge in [-0.25, -0.2) is 0 Å². The Labute approximate surface area is 133 Å². The van der Waals surface area contributed by atoms with Crippen molar-refractivity contribution in [1.29, 1.82) is 0 Å². The van der Waals surface area contributed by atoms with E-state index in [2.05, 4.69) is 28.5 Å². The molecule has 0 saturated carbocycles. The fourth-order valence-corrected chi connectivity index (χ4v) is 2.78. The smallest absolute Gasteiger partial charge is 0.238 e. The van der Waals surface area contributed by atoms with Crippen molar-refractivity contribution in [1.82, 2.24) is 10.2 Å². The maximum Gasteiger partial charge on any atom is 0.238 e. The molecule has 0 radical (unpaired) electrons. The van der Waals surface area contributed by atoms with Crippen molar-refractivity contribution in [3.8, 4) is 0 Å². The van der Waals surface area contributed by atoms with Gasteiger partial charge in [-0.15, -0.1) is 12.4 Å². The SMILES string of the molecule is CNC1CCCN(CC(=O)Nc2ccc(C)cc2C)C1.Cl. The molecule has 1 aromatic rings. The first-order valence-corrected chi connectivity index (χ1v) is 7.35. The Hall–Kier alpha value is -1.10. The van der Waals surface area contributed by atoms with Crippen molar-refractivity contribution in [2.45, 2.75) is 32.7 Å². The Bertz CT molecular complexity index is 479. The summed E-state index contributed by atoms with van der Waals surface area (Å²) in [4.78, 5) is 14.4. The molecule has 4 nitrogen and oxygen atoms in total. The summed E-state index contributed by atoms with van der Waals surface area (Å²) in [6.45, 7) is 6.53. The van der Waals surface area contributed by atoms with E-state index in [1.54, 1.807) is 0 Å². The molecule has 5 heteroatoms. The van der Waals surface area contributed by atoms with E-state index in [0.717, 1.165) is 30.8 Å². The molecular weight excluding hydrogens is 286 g/mol. The molecular formula is C16H26ClN3O. The van der Waals surface area contributed by atoms with E-state index in [4.69, 9.17) is 0 Å². The quantitative estimate of drug-likeness (QED) is 0.897. The number of benzene rings is 1. The van der Waals surface area contributed by atoms with Crippen LogP contribution in [0.25, 0.3) is 0 Å². The molecule has 1 aromatic carbocycles. The molecule has 1 heterocycles. The third kappa shape index (κ3) is 5.30. The second-order valence-electron chi connectivity index (χ2n) is 5.73. The van der Waals surface area contributed by atoms with E-state index in [1.165, 1.54) is 12.0 Å². The van der Waals surface area contributed by atoms with Gasteiger partial charge in [0.15, 0.2) is 0 Å². The van der Waals surface area contributed by atoms with Gasteiger partial charge in [0.2, 0.25) is 5.91 Å². The third-order valence-electron chi connectivity index (χ3n) is 3.94. The molecule has 0 spiro atoms. The number of likely N-dealkylation sites (N-methyl/N-ethyl adjacent to an activating group) is 1. The molecule has 1 fully saturated rings. The monoisotopic (exact) mass is 311 g/mol. The molecule has 2 rings (SSSR count). The fourth-order valence-electron chi connectivity index (χ4n) is 2.78. The number of likely N-dealkylation sites (tertiary alicyclic amines) is 1. The minimum Gasteiger partial charge on any atom is -0.325 e. The van der Waals surface area contributed by atoms with Crippen LogP contribution in [0.15, 0.2) is 18.2 Å². The highest BCUT2D eigenvalue weighted by molar-refractivity contribution is 5.93. The average molecular weight is 312 g/mol. The van der Waals surface area contributed by atoms with Crippen molar-refractivity contribution < 1.29 is 4.79 Å². The summed E-state index contributed by atoms with van der Waals surface area (Å²) in [5.74, 6) is 0.0775. The second kappa shape index (κ2) is 8.37. The zero-order chi connectivity index (χ0) is 14.5. The number of rotatable bonds is 4. The van der Waals surface area contributed by atoms with E-state index in [0.29, 0.717) is 12.6 Å². The van der Waals surface area contributed by atoms with Crippen molar-refractivity contribution in [3.05, 3.63) is 29.3 Å². The zero-order valence-corrected chi connectivity index (χ0v) is 13.9. The van der Waals surface area contributed by atoms with E-state index < -0.39 is 0 Å². The first-order valence-electron chi connectivity index (χ1n) is 7.35. The number of hydrogen-bond donors (Lipinski definition) is 2. The Morgan fingerprint density at radius 1 is 1.38 bits per heavy atom. The highest BCUT2D eigenvalue weighted by Gasteiger charge is 2.20. The van der Waals surface area contributed by atoms with Gasteiger partial charge in [-0.3, -0.25) is 9.69 Å². The average Bonchev–Trinajstić information content (AvgIpc) is 2.42. The summed E-state index contributed by atoms with van der Waals surface area (Å²) < 4.78 is 0. The number of anilines is 1. The summed E-state index contributed by atoms with van der Waals surface area (Å²) in [6.07, 6.45) is 2.36. The molecule has 1 unspecified atom stereocenters. The van der Waals surface area contributed by atoms with E-state index in [-0.39, 0.29) is 18.3 Å². The number of carbonyl (C=O) groups excluding carboxylic acids is 1. The third-order valence-corrected chi connectivity index (χ3v) is 3.94. The molecule has 1 saturated heterocycles. The summed E-state index contributed by atoms with van der Waals surface area (Å²) in [5, 5.41) is 6.32. The normalized spacial score (nSPS) is 18.9. The van der Waals surface area contributed by atoms with E-state index in [1.807, 2.05) is 26.1 Å². The van der Waals surface area contributed by atoms with Crippen LogP contribution in [0.3, 0.4) is 0 Å². The van der Waals surface area contributed by atoms with Crippen molar-refractivity contribution in [2.24, 2.45) is 0 Å². The molecule has 1 aliphatic rings. The van der Waals surface area contributed by atoms with Crippen LogP contribution < -0.4 is 10.6 Å². The van der Waals surface area contributed by atoms with Gasteiger partial charge in [-0.05, 0) is 51.9 Å². The zero-order valence-electron chi connectivity index (χ0n) is 13.1. The number of nitrogens with one attached hydrogen (secondary N) is 2. The van der Waals surface area contributed by atoms with Crippen LogP contribution in [-0.2, 0) is 4.79 Å². The van der Waals surface area contributed by atoms with Gasteiger partial charge in [0.05, 0.1) is 6.54 Å². The minimum atomic E-state index is 0. The fraction of sp³-hybridized carbons (Fsp3) is 0.562. The lowest BCUT2D eigenvalue weighted by Gasteiger charge is -2.31. The number of hydrogen-bond acceptors (Lipinski definition) is 3. The lowest BCUT2D eigenvalue weighted by molar-refractivity contribution is -0.117. The second-order valence-corrected chi connectivity index (χ2v) is 5.73. The highest BCUT2D eigenvalue weighted by atomic mass is 35.5. The molecule has 1 atom stereocenters. The van der Waals surface area contributed by atoms with Gasteiger partial charge in [-0.2, -0.15) is 0 Å². The Balaban J connectivity index is 0.00000220. The summed E-state index contributed by atoms with van der Waals surface area (Å²) >= 11 is 0. The number of nitrogens with zero attached hydrogens (tertiary/aromatic N) is 1. The predicted octanol–water partition coefficient (Wildman–Crippen LogP) is 2.35. The van der Waals surface area contributed by atoms with Crippen LogP contribution in [-0.4, -0.2) is 43.5 Å². The number of aryl methyl sites for hydroxylation is 2. The summed E-state index contributed by atoms with van der Waals surface area (Å²) in [6, 6.07) is 6.61. The molecule has 0 aliphatic carbocycles. The maximum atomic E-state index is 12.1. The van der Waals surface area contributed by atoms with Crippen molar-refractivity contribution in [3.63, 3.8) is 0 Å².